The minimum absolute atomic E-state index is 0.0821. The third kappa shape index (κ3) is 4.82. The molecular formula is C19H25N3O3. The average molecular weight is 343 g/mol. The van der Waals surface area contributed by atoms with Crippen LogP contribution in [0.5, 0.6) is 5.75 Å². The number of ether oxygens (including phenoxy) is 1. The van der Waals surface area contributed by atoms with Crippen molar-refractivity contribution in [1.82, 2.24) is 14.7 Å². The molecule has 2 aromatic rings. The van der Waals surface area contributed by atoms with E-state index in [4.69, 9.17) is 4.74 Å². The summed E-state index contributed by atoms with van der Waals surface area (Å²) in [5.74, 6) is 0.830. The first kappa shape index (κ1) is 17.5. The molecule has 1 fully saturated rings. The zero-order valence-electron chi connectivity index (χ0n) is 14.6. The van der Waals surface area contributed by atoms with Gasteiger partial charge >= 0.3 is 0 Å². The number of benzene rings is 1. The standard InChI is InChI=1S/C19H25N3O3/c1-16-5-2-6-17(13-16)25-15-19(24)8-12-21(14-19)18(23)7-3-10-22-11-4-9-20-22/h2,4-6,9,11,13,24H,3,7-8,10,12,14-15H2,1H3/t19-/m1/s1. The van der Waals surface area contributed by atoms with Crippen LogP contribution in [-0.2, 0) is 11.3 Å². The number of hydrogen-bond donors (Lipinski definition) is 1. The van der Waals surface area contributed by atoms with E-state index in [1.807, 2.05) is 48.1 Å². The maximum Gasteiger partial charge on any atom is 0.222 e. The van der Waals surface area contributed by atoms with Crippen molar-refractivity contribution < 1.29 is 14.6 Å². The molecule has 0 saturated carbocycles. The van der Waals surface area contributed by atoms with E-state index in [1.54, 1.807) is 11.1 Å². The van der Waals surface area contributed by atoms with Gasteiger partial charge in [-0.2, -0.15) is 5.10 Å². The molecule has 3 rings (SSSR count). The second kappa shape index (κ2) is 7.70. The fourth-order valence-electron chi connectivity index (χ4n) is 3.09. The zero-order chi connectivity index (χ0) is 17.7. The predicted molar refractivity (Wildman–Crippen MR) is 94.3 cm³/mol. The van der Waals surface area contributed by atoms with Gasteiger partial charge in [0.05, 0.1) is 6.54 Å². The van der Waals surface area contributed by atoms with E-state index in [-0.39, 0.29) is 12.5 Å². The monoisotopic (exact) mass is 343 g/mol. The van der Waals surface area contributed by atoms with Crippen molar-refractivity contribution in [2.75, 3.05) is 19.7 Å². The lowest BCUT2D eigenvalue weighted by atomic mass is 10.1. The molecule has 6 heteroatoms. The van der Waals surface area contributed by atoms with Gasteiger partial charge in [-0.15, -0.1) is 0 Å². The molecule has 134 valence electrons. The zero-order valence-corrected chi connectivity index (χ0v) is 14.6. The molecule has 1 aromatic carbocycles. The Kier molecular flexibility index (Phi) is 5.38. The van der Waals surface area contributed by atoms with Crippen molar-refractivity contribution in [3.05, 3.63) is 48.3 Å². The number of β-amino-alcohol motifs (C(OH)–C–C–N with tert-alkyl or cyclic N) is 1. The quantitative estimate of drug-likeness (QED) is 0.835. The van der Waals surface area contributed by atoms with Gasteiger partial charge in [-0.05, 0) is 43.5 Å². The number of aryl methyl sites for hydroxylation is 2. The molecule has 0 unspecified atom stereocenters. The van der Waals surface area contributed by atoms with Gasteiger partial charge in [-0.3, -0.25) is 9.48 Å². The predicted octanol–water partition coefficient (Wildman–Crippen LogP) is 2.01. The number of rotatable bonds is 7. The molecule has 1 aromatic heterocycles. The highest BCUT2D eigenvalue weighted by molar-refractivity contribution is 5.76. The minimum atomic E-state index is -0.971. The molecule has 0 spiro atoms. The number of hydrogen-bond acceptors (Lipinski definition) is 4. The Balaban J connectivity index is 1.44. The summed E-state index contributed by atoms with van der Waals surface area (Å²) in [6, 6.07) is 9.62. The minimum Gasteiger partial charge on any atom is -0.491 e. The van der Waals surface area contributed by atoms with E-state index in [1.165, 1.54) is 0 Å². The van der Waals surface area contributed by atoms with E-state index in [9.17, 15) is 9.90 Å². The van der Waals surface area contributed by atoms with Gasteiger partial charge in [0.25, 0.3) is 0 Å². The Morgan fingerprint density at radius 1 is 1.40 bits per heavy atom. The molecule has 6 nitrogen and oxygen atoms in total. The molecule has 0 bridgehead atoms. The van der Waals surface area contributed by atoms with Gasteiger partial charge in [0.1, 0.15) is 18.0 Å². The van der Waals surface area contributed by atoms with Crippen LogP contribution in [0.25, 0.3) is 0 Å². The molecule has 0 radical (unpaired) electrons. The van der Waals surface area contributed by atoms with Gasteiger partial charge in [0.2, 0.25) is 5.91 Å². The number of aromatic nitrogens is 2. The number of carbonyl (C=O) groups excluding carboxylic acids is 1. The molecule has 0 aliphatic carbocycles. The van der Waals surface area contributed by atoms with Crippen molar-refractivity contribution in [2.45, 2.75) is 38.3 Å². The number of carbonyl (C=O) groups is 1. The van der Waals surface area contributed by atoms with Crippen molar-refractivity contribution in [2.24, 2.45) is 0 Å². The summed E-state index contributed by atoms with van der Waals surface area (Å²) in [4.78, 5) is 14.1. The first-order valence-corrected chi connectivity index (χ1v) is 8.71. The second-order valence-electron chi connectivity index (χ2n) is 6.77. The number of amides is 1. The van der Waals surface area contributed by atoms with Crippen LogP contribution in [0.3, 0.4) is 0 Å². The van der Waals surface area contributed by atoms with Crippen LogP contribution in [0.1, 0.15) is 24.8 Å². The van der Waals surface area contributed by atoms with E-state index in [2.05, 4.69) is 5.10 Å². The Bertz CT molecular complexity index is 702. The van der Waals surface area contributed by atoms with Crippen LogP contribution in [0, 0.1) is 6.92 Å². The van der Waals surface area contributed by atoms with E-state index < -0.39 is 5.60 Å². The van der Waals surface area contributed by atoms with Crippen molar-refractivity contribution in [1.29, 1.82) is 0 Å². The van der Waals surface area contributed by atoms with Crippen LogP contribution in [0.15, 0.2) is 42.7 Å². The van der Waals surface area contributed by atoms with Crippen molar-refractivity contribution >= 4 is 5.91 Å². The topological polar surface area (TPSA) is 67.6 Å². The van der Waals surface area contributed by atoms with Crippen LogP contribution in [0.4, 0.5) is 0 Å². The smallest absolute Gasteiger partial charge is 0.222 e. The highest BCUT2D eigenvalue weighted by Crippen LogP contribution is 2.24. The summed E-state index contributed by atoms with van der Waals surface area (Å²) in [7, 11) is 0. The van der Waals surface area contributed by atoms with Crippen molar-refractivity contribution in [3.63, 3.8) is 0 Å². The second-order valence-corrected chi connectivity index (χ2v) is 6.77. The number of aliphatic hydroxyl groups is 1. The highest BCUT2D eigenvalue weighted by Gasteiger charge is 2.38. The fraction of sp³-hybridized carbons (Fsp3) is 0.474. The molecule has 2 heterocycles. The molecule has 1 aliphatic rings. The average Bonchev–Trinajstić information content (AvgIpc) is 3.23. The van der Waals surface area contributed by atoms with E-state index >= 15 is 0 Å². The van der Waals surface area contributed by atoms with Crippen LogP contribution in [0.2, 0.25) is 0 Å². The molecular weight excluding hydrogens is 318 g/mol. The van der Waals surface area contributed by atoms with Crippen LogP contribution in [-0.4, -0.2) is 51.0 Å². The normalized spacial score (nSPS) is 20.0. The Hall–Kier alpha value is -2.34. The van der Waals surface area contributed by atoms with Crippen molar-refractivity contribution in [3.8, 4) is 5.75 Å². The Labute approximate surface area is 148 Å². The third-order valence-corrected chi connectivity index (χ3v) is 4.52. The lowest BCUT2D eigenvalue weighted by Crippen LogP contribution is -2.40. The van der Waals surface area contributed by atoms with E-state index in [0.717, 1.165) is 24.3 Å². The summed E-state index contributed by atoms with van der Waals surface area (Å²) >= 11 is 0. The Morgan fingerprint density at radius 3 is 3.04 bits per heavy atom. The summed E-state index contributed by atoms with van der Waals surface area (Å²) in [6.45, 7) is 3.84. The molecule has 1 aliphatic heterocycles. The summed E-state index contributed by atoms with van der Waals surface area (Å²) in [5, 5.41) is 14.8. The summed E-state index contributed by atoms with van der Waals surface area (Å²) < 4.78 is 7.56. The Morgan fingerprint density at radius 2 is 2.28 bits per heavy atom. The fourth-order valence-corrected chi connectivity index (χ4v) is 3.09. The maximum atomic E-state index is 12.3. The number of nitrogens with zero attached hydrogens (tertiary/aromatic N) is 3. The lowest BCUT2D eigenvalue weighted by Gasteiger charge is -2.23. The summed E-state index contributed by atoms with van der Waals surface area (Å²) in [5.41, 5.74) is 0.145. The third-order valence-electron chi connectivity index (χ3n) is 4.52. The maximum absolute atomic E-state index is 12.3. The summed E-state index contributed by atoms with van der Waals surface area (Å²) in [6.07, 6.45) is 5.38. The lowest BCUT2D eigenvalue weighted by molar-refractivity contribution is -0.131. The molecule has 1 saturated heterocycles. The van der Waals surface area contributed by atoms with Gasteiger partial charge in [-0.25, -0.2) is 0 Å². The van der Waals surface area contributed by atoms with Gasteiger partial charge in [-0.1, -0.05) is 12.1 Å². The van der Waals surface area contributed by atoms with E-state index in [0.29, 0.717) is 25.9 Å². The molecule has 1 N–H and O–H groups in total. The number of likely N-dealkylation sites (tertiary alicyclic amines) is 1. The first-order valence-electron chi connectivity index (χ1n) is 8.71. The SMILES string of the molecule is Cc1cccc(OC[C@@]2(O)CCN(C(=O)CCCn3cccn3)C2)c1. The van der Waals surface area contributed by atoms with Crippen LogP contribution < -0.4 is 4.74 Å². The molecule has 25 heavy (non-hydrogen) atoms. The highest BCUT2D eigenvalue weighted by atomic mass is 16.5. The largest absolute Gasteiger partial charge is 0.491 e. The van der Waals surface area contributed by atoms with Crippen LogP contribution >= 0.6 is 0 Å². The van der Waals surface area contributed by atoms with Gasteiger partial charge in [0, 0.05) is 31.9 Å². The molecule has 1 atom stereocenters. The van der Waals surface area contributed by atoms with Gasteiger partial charge < -0.3 is 14.7 Å². The first-order chi connectivity index (χ1) is 12.0. The van der Waals surface area contributed by atoms with Gasteiger partial charge in [0.15, 0.2) is 0 Å². The molecule has 1 amide bonds.